The molecule has 1 saturated carbocycles. The van der Waals surface area contributed by atoms with Gasteiger partial charge in [0.05, 0.1) is 0 Å². The summed E-state index contributed by atoms with van der Waals surface area (Å²) < 4.78 is 0. The maximum Gasteiger partial charge on any atom is 0.346 e. The molecule has 0 atom stereocenters. The second-order valence-electron chi connectivity index (χ2n) is 2.75. The summed E-state index contributed by atoms with van der Waals surface area (Å²) in [6.07, 6.45) is 2.06. The molecule has 0 aromatic rings. The van der Waals surface area contributed by atoms with E-state index >= 15 is 0 Å². The number of carbonyl (C=O) groups is 1. The Kier molecular flexibility index (Phi) is 1.95. The van der Waals surface area contributed by atoms with Gasteiger partial charge in [-0.05, 0) is 31.3 Å². The van der Waals surface area contributed by atoms with Crippen LogP contribution in [0.5, 0.6) is 0 Å². The molecule has 1 rings (SSSR count). The predicted octanol–water partition coefficient (Wildman–Crippen LogP) is 1.32. The van der Waals surface area contributed by atoms with E-state index in [0.29, 0.717) is 5.92 Å². The van der Waals surface area contributed by atoms with Crippen LogP contribution in [0.15, 0.2) is 11.1 Å². The van der Waals surface area contributed by atoms with E-state index in [9.17, 15) is 4.79 Å². The molecule has 0 radical (unpaired) electrons. The maximum atomic E-state index is 10.4. The molecule has 0 aromatic carbocycles. The Morgan fingerprint density at radius 3 is 2.45 bits per heavy atom. The van der Waals surface area contributed by atoms with Crippen molar-refractivity contribution in [3.05, 3.63) is 11.1 Å². The summed E-state index contributed by atoms with van der Waals surface area (Å²) in [6, 6.07) is 1.70. The lowest BCUT2D eigenvalue weighted by Crippen LogP contribution is -2.01. The third-order valence-corrected chi connectivity index (χ3v) is 1.91. The van der Waals surface area contributed by atoms with Crippen molar-refractivity contribution in [2.45, 2.75) is 19.8 Å². The zero-order valence-electron chi connectivity index (χ0n) is 6.29. The Bertz CT molecular complexity index is 256. The SMILES string of the molecule is C/C(=C(\C#N)C(=O)O)C1CC1. The molecule has 1 N–H and O–H groups in total. The average Bonchev–Trinajstić information content (AvgIpc) is 2.68. The highest BCUT2D eigenvalue weighted by Crippen LogP contribution is 2.37. The van der Waals surface area contributed by atoms with Crippen molar-refractivity contribution in [2.24, 2.45) is 5.92 Å². The molecular formula is C8H9NO2. The highest BCUT2D eigenvalue weighted by atomic mass is 16.4. The standard InChI is InChI=1S/C8H9NO2/c1-5(6-2-3-6)7(4-9)8(10)11/h6H,2-3H2,1H3,(H,10,11)/b7-5-. The summed E-state index contributed by atoms with van der Waals surface area (Å²) in [5, 5.41) is 17.0. The van der Waals surface area contributed by atoms with Crippen LogP contribution in [0.4, 0.5) is 0 Å². The number of carboxylic acid groups (broad SMARTS) is 1. The van der Waals surface area contributed by atoms with Crippen LogP contribution in [0.25, 0.3) is 0 Å². The normalized spacial score (nSPS) is 18.5. The molecule has 0 aliphatic heterocycles. The first kappa shape index (κ1) is 7.80. The molecule has 1 aliphatic rings. The van der Waals surface area contributed by atoms with E-state index in [2.05, 4.69) is 0 Å². The Morgan fingerprint density at radius 1 is 1.64 bits per heavy atom. The number of allylic oxidation sites excluding steroid dienone is 1. The summed E-state index contributed by atoms with van der Waals surface area (Å²) in [5.41, 5.74) is 0.660. The van der Waals surface area contributed by atoms with Crippen LogP contribution < -0.4 is 0 Å². The average molecular weight is 151 g/mol. The first-order chi connectivity index (χ1) is 5.16. The summed E-state index contributed by atoms with van der Waals surface area (Å²) in [4.78, 5) is 10.4. The minimum absolute atomic E-state index is 0.0764. The molecule has 0 unspecified atom stereocenters. The van der Waals surface area contributed by atoms with Crippen LogP contribution in [-0.2, 0) is 4.79 Å². The molecule has 3 nitrogen and oxygen atoms in total. The van der Waals surface area contributed by atoms with Gasteiger partial charge in [-0.15, -0.1) is 0 Å². The molecular weight excluding hydrogens is 142 g/mol. The zero-order chi connectivity index (χ0) is 8.43. The lowest BCUT2D eigenvalue weighted by molar-refractivity contribution is -0.132. The third-order valence-electron chi connectivity index (χ3n) is 1.91. The summed E-state index contributed by atoms with van der Waals surface area (Å²) >= 11 is 0. The van der Waals surface area contributed by atoms with Crippen molar-refractivity contribution < 1.29 is 9.90 Å². The van der Waals surface area contributed by atoms with E-state index in [1.165, 1.54) is 0 Å². The van der Waals surface area contributed by atoms with Gasteiger partial charge in [-0.25, -0.2) is 4.79 Å². The molecule has 3 heteroatoms. The largest absolute Gasteiger partial charge is 0.477 e. The lowest BCUT2D eigenvalue weighted by atomic mass is 10.1. The highest BCUT2D eigenvalue weighted by Gasteiger charge is 2.27. The maximum absolute atomic E-state index is 10.4. The number of rotatable bonds is 2. The summed E-state index contributed by atoms with van der Waals surface area (Å²) in [6.45, 7) is 1.73. The van der Waals surface area contributed by atoms with Crippen molar-refractivity contribution in [3.63, 3.8) is 0 Å². The van der Waals surface area contributed by atoms with Crippen molar-refractivity contribution in [2.75, 3.05) is 0 Å². The number of hydrogen-bond acceptors (Lipinski definition) is 2. The molecule has 0 bridgehead atoms. The second kappa shape index (κ2) is 2.75. The topological polar surface area (TPSA) is 61.1 Å². The number of aliphatic carboxylic acids is 1. The first-order valence-corrected chi connectivity index (χ1v) is 3.51. The van der Waals surface area contributed by atoms with E-state index in [1.807, 2.05) is 0 Å². The fourth-order valence-electron chi connectivity index (χ4n) is 1.03. The van der Waals surface area contributed by atoms with Crippen LogP contribution in [0.1, 0.15) is 19.8 Å². The molecule has 0 spiro atoms. The van der Waals surface area contributed by atoms with E-state index in [-0.39, 0.29) is 5.57 Å². The van der Waals surface area contributed by atoms with Crippen molar-refractivity contribution in [1.82, 2.24) is 0 Å². The Labute approximate surface area is 64.9 Å². The fraction of sp³-hybridized carbons (Fsp3) is 0.500. The first-order valence-electron chi connectivity index (χ1n) is 3.51. The molecule has 58 valence electrons. The van der Waals surface area contributed by atoms with E-state index in [1.54, 1.807) is 13.0 Å². The van der Waals surface area contributed by atoms with Gasteiger partial charge in [0.15, 0.2) is 0 Å². The van der Waals surface area contributed by atoms with Crippen molar-refractivity contribution in [3.8, 4) is 6.07 Å². The van der Waals surface area contributed by atoms with Crippen molar-refractivity contribution in [1.29, 1.82) is 5.26 Å². The van der Waals surface area contributed by atoms with Gasteiger partial charge in [0.1, 0.15) is 11.6 Å². The van der Waals surface area contributed by atoms with Crippen LogP contribution in [0, 0.1) is 17.2 Å². The van der Waals surface area contributed by atoms with Gasteiger partial charge in [-0.2, -0.15) is 5.26 Å². The molecule has 0 heterocycles. The lowest BCUT2D eigenvalue weighted by Gasteiger charge is -1.96. The number of nitriles is 1. The van der Waals surface area contributed by atoms with Crippen LogP contribution in [0.2, 0.25) is 0 Å². The Balaban J connectivity index is 2.88. The number of nitrogens with zero attached hydrogens (tertiary/aromatic N) is 1. The van der Waals surface area contributed by atoms with Gasteiger partial charge in [0.2, 0.25) is 0 Å². The second-order valence-corrected chi connectivity index (χ2v) is 2.75. The molecule has 0 aromatic heterocycles. The van der Waals surface area contributed by atoms with Crippen molar-refractivity contribution >= 4 is 5.97 Å². The van der Waals surface area contributed by atoms with Gasteiger partial charge in [0.25, 0.3) is 0 Å². The molecule has 0 amide bonds. The number of hydrogen-bond donors (Lipinski definition) is 1. The highest BCUT2D eigenvalue weighted by molar-refractivity contribution is 5.92. The van der Waals surface area contributed by atoms with Crippen LogP contribution >= 0.6 is 0 Å². The Morgan fingerprint density at radius 2 is 2.18 bits per heavy atom. The molecule has 11 heavy (non-hydrogen) atoms. The summed E-state index contributed by atoms with van der Waals surface area (Å²) in [7, 11) is 0. The molecule has 0 saturated heterocycles. The van der Waals surface area contributed by atoms with E-state index in [4.69, 9.17) is 10.4 Å². The predicted molar refractivity (Wildman–Crippen MR) is 38.7 cm³/mol. The summed E-state index contributed by atoms with van der Waals surface area (Å²) in [5.74, 6) is -0.738. The quantitative estimate of drug-likeness (QED) is 0.478. The van der Waals surface area contributed by atoms with E-state index < -0.39 is 5.97 Å². The monoisotopic (exact) mass is 151 g/mol. The molecule has 1 fully saturated rings. The van der Waals surface area contributed by atoms with Gasteiger partial charge in [0, 0.05) is 0 Å². The van der Waals surface area contributed by atoms with Crippen LogP contribution in [-0.4, -0.2) is 11.1 Å². The van der Waals surface area contributed by atoms with Gasteiger partial charge >= 0.3 is 5.97 Å². The van der Waals surface area contributed by atoms with Gasteiger partial charge in [-0.3, -0.25) is 0 Å². The fourth-order valence-corrected chi connectivity index (χ4v) is 1.03. The number of carboxylic acids is 1. The smallest absolute Gasteiger partial charge is 0.346 e. The van der Waals surface area contributed by atoms with E-state index in [0.717, 1.165) is 18.4 Å². The molecule has 1 aliphatic carbocycles. The Hall–Kier alpha value is -1.30. The van der Waals surface area contributed by atoms with Crippen LogP contribution in [0.3, 0.4) is 0 Å². The van der Waals surface area contributed by atoms with Gasteiger partial charge < -0.3 is 5.11 Å². The zero-order valence-corrected chi connectivity index (χ0v) is 6.29. The third kappa shape index (κ3) is 1.58. The minimum atomic E-state index is -1.10. The van der Waals surface area contributed by atoms with Gasteiger partial charge in [-0.1, -0.05) is 0 Å². The minimum Gasteiger partial charge on any atom is -0.477 e.